The first-order chi connectivity index (χ1) is 21.4. The number of rotatable bonds is 8. The summed E-state index contributed by atoms with van der Waals surface area (Å²) in [5, 5.41) is 19.3. The molecule has 4 amide bonds. The van der Waals surface area contributed by atoms with Gasteiger partial charge in [-0.2, -0.15) is 0 Å². The van der Waals surface area contributed by atoms with Crippen LogP contribution in [-0.2, 0) is 24.0 Å². The van der Waals surface area contributed by atoms with Gasteiger partial charge in [0.2, 0.25) is 23.6 Å². The molecule has 10 nitrogen and oxygen atoms in total. The Morgan fingerprint density at radius 2 is 1.84 bits per heavy atom. The average Bonchev–Trinajstić information content (AvgIpc) is 3.35. The van der Waals surface area contributed by atoms with Crippen LogP contribution in [0.5, 0.6) is 11.5 Å². The highest BCUT2D eigenvalue weighted by molar-refractivity contribution is 6.31. The third-order valence-corrected chi connectivity index (χ3v) is 10.2. The van der Waals surface area contributed by atoms with Crippen molar-refractivity contribution < 1.29 is 43.3 Å². The number of nitrogens with zero attached hydrogens (tertiary/aromatic N) is 2. The lowest BCUT2D eigenvalue weighted by Crippen LogP contribution is -2.48. The molecule has 0 aromatic heterocycles. The van der Waals surface area contributed by atoms with E-state index < -0.39 is 64.5 Å². The first-order valence-corrected chi connectivity index (χ1v) is 15.3. The Kier molecular flexibility index (Phi) is 7.71. The Morgan fingerprint density at radius 1 is 1.09 bits per heavy atom. The molecule has 1 saturated carbocycles. The monoisotopic (exact) mass is 638 g/mol. The number of anilines is 1. The maximum atomic E-state index is 14.5. The minimum Gasteiger partial charge on any atom is -0.504 e. The molecule has 6 unspecified atom stereocenters. The second-order valence-corrected chi connectivity index (χ2v) is 12.7. The van der Waals surface area contributed by atoms with Crippen LogP contribution >= 0.6 is 11.6 Å². The summed E-state index contributed by atoms with van der Waals surface area (Å²) in [5.41, 5.74) is 0.115. The van der Waals surface area contributed by atoms with Gasteiger partial charge in [0, 0.05) is 18.9 Å². The van der Waals surface area contributed by atoms with E-state index in [9.17, 15) is 33.5 Å². The summed E-state index contributed by atoms with van der Waals surface area (Å²) in [6.45, 7) is 3.72. The molecular weight excluding hydrogens is 607 g/mol. The first kappa shape index (κ1) is 30.8. The molecule has 2 aliphatic carbocycles. The number of benzene rings is 2. The third-order valence-electron chi connectivity index (χ3n) is 9.92. The number of aromatic hydroxyl groups is 1. The number of phenols is 1. The molecule has 2 saturated heterocycles. The number of likely N-dealkylation sites (tertiary alicyclic amines) is 1. The van der Waals surface area contributed by atoms with Crippen LogP contribution in [0.4, 0.5) is 10.1 Å². The van der Waals surface area contributed by atoms with Crippen LogP contribution in [0.1, 0.15) is 51.0 Å². The van der Waals surface area contributed by atoms with Gasteiger partial charge in [0.15, 0.2) is 11.5 Å². The molecule has 2 N–H and O–H groups in total. The summed E-state index contributed by atoms with van der Waals surface area (Å²) in [6, 6.07) is 8.39. The van der Waals surface area contributed by atoms with Gasteiger partial charge in [0.1, 0.15) is 5.82 Å². The van der Waals surface area contributed by atoms with E-state index in [1.807, 2.05) is 6.08 Å². The molecule has 0 spiro atoms. The Balaban J connectivity index is 1.47. The van der Waals surface area contributed by atoms with Gasteiger partial charge in [-0.3, -0.25) is 28.9 Å². The van der Waals surface area contributed by atoms with Gasteiger partial charge in [-0.05, 0) is 74.9 Å². The summed E-state index contributed by atoms with van der Waals surface area (Å²) >= 11 is 6.04. The topological polar surface area (TPSA) is 142 Å². The minimum absolute atomic E-state index is 0.0181. The first-order valence-electron chi connectivity index (χ1n) is 15.0. The summed E-state index contributed by atoms with van der Waals surface area (Å²) in [4.78, 5) is 69.2. The van der Waals surface area contributed by atoms with Crippen LogP contribution in [0.25, 0.3) is 0 Å². The fourth-order valence-electron chi connectivity index (χ4n) is 7.92. The van der Waals surface area contributed by atoms with Crippen molar-refractivity contribution in [1.29, 1.82) is 0 Å². The number of fused-ring (bicyclic) bond motifs is 4. The smallest absolute Gasteiger partial charge is 0.303 e. The van der Waals surface area contributed by atoms with Gasteiger partial charge < -0.3 is 14.9 Å². The van der Waals surface area contributed by atoms with E-state index in [0.717, 1.165) is 21.4 Å². The second-order valence-electron chi connectivity index (χ2n) is 12.2. The molecule has 12 heteroatoms. The van der Waals surface area contributed by atoms with E-state index in [1.165, 1.54) is 18.2 Å². The van der Waals surface area contributed by atoms with Crippen LogP contribution < -0.4 is 9.64 Å². The number of ether oxygens (including phenoxy) is 1. The highest BCUT2D eigenvalue weighted by Gasteiger charge is 2.67. The number of carbonyl (C=O) groups excluding carboxylic acids is 4. The van der Waals surface area contributed by atoms with Crippen molar-refractivity contribution in [2.24, 2.45) is 29.1 Å². The van der Waals surface area contributed by atoms with Crippen LogP contribution in [0.15, 0.2) is 48.0 Å². The van der Waals surface area contributed by atoms with Crippen LogP contribution in [0.2, 0.25) is 5.02 Å². The number of hydrogen-bond acceptors (Lipinski definition) is 7. The number of carboxylic acids is 1. The largest absolute Gasteiger partial charge is 0.504 e. The average molecular weight is 639 g/mol. The van der Waals surface area contributed by atoms with Gasteiger partial charge in [0.25, 0.3) is 0 Å². The van der Waals surface area contributed by atoms with Crippen molar-refractivity contribution in [2.75, 3.05) is 18.1 Å². The lowest BCUT2D eigenvalue weighted by molar-refractivity contribution is -0.142. The zero-order valence-corrected chi connectivity index (χ0v) is 25.4. The zero-order chi connectivity index (χ0) is 32.4. The van der Waals surface area contributed by atoms with Crippen LogP contribution in [-0.4, -0.2) is 57.9 Å². The Labute approximate surface area is 263 Å². The Bertz CT molecular complexity index is 1680. The molecule has 45 heavy (non-hydrogen) atoms. The molecule has 4 aliphatic rings. The molecule has 2 heterocycles. The Hall–Kier alpha value is -4.25. The Morgan fingerprint density at radius 3 is 2.53 bits per heavy atom. The van der Waals surface area contributed by atoms with Crippen molar-refractivity contribution in [2.45, 2.75) is 45.4 Å². The lowest BCUT2D eigenvalue weighted by atomic mass is 9.51. The number of imide groups is 2. The number of phenolic OH excluding ortho intramolecular Hbond substituents is 1. The zero-order valence-electron chi connectivity index (χ0n) is 24.7. The number of aliphatic carboxylic acids is 1. The summed E-state index contributed by atoms with van der Waals surface area (Å²) in [6.07, 6.45) is 2.19. The molecule has 2 aromatic carbocycles. The van der Waals surface area contributed by atoms with E-state index in [-0.39, 0.29) is 67.0 Å². The molecule has 236 valence electrons. The fraction of sp³-hybridized carbons (Fsp3) is 0.424. The molecular formula is C33H32ClFN2O8. The van der Waals surface area contributed by atoms with Crippen molar-refractivity contribution in [1.82, 2.24) is 4.90 Å². The second kappa shape index (κ2) is 11.3. The van der Waals surface area contributed by atoms with E-state index in [0.29, 0.717) is 5.56 Å². The highest BCUT2D eigenvalue weighted by atomic mass is 35.5. The maximum absolute atomic E-state index is 14.5. The molecule has 2 aromatic rings. The summed E-state index contributed by atoms with van der Waals surface area (Å²) < 4.78 is 19.7. The SMILES string of the molecule is CCOc1cc(C2C3=CCC4C(=O)N(CCCC(=O)O)C(=O)C4C3CC3C(=O)N(c4ccc(F)c(Cl)c4)C(=O)C32C)ccc1O. The lowest BCUT2D eigenvalue weighted by Gasteiger charge is -2.49. The molecule has 0 radical (unpaired) electrons. The maximum Gasteiger partial charge on any atom is 0.303 e. The van der Waals surface area contributed by atoms with E-state index in [1.54, 1.807) is 26.0 Å². The summed E-state index contributed by atoms with van der Waals surface area (Å²) in [7, 11) is 0. The standard InChI is InChI=1S/C33H32ClFN2O8/c1-3-45-25-13-16(6-11-24(25)38)28-18-8-9-19-27(31(43)36(29(19)41)12-4-5-26(39)40)20(18)15-21-30(42)37(32(44)33(21,28)2)17-7-10-23(35)22(34)14-17/h6-8,10-11,13-14,19-21,27-28,38H,3-5,9,12,15H2,1-2H3,(H,39,40). The quantitative estimate of drug-likeness (QED) is 0.314. The van der Waals surface area contributed by atoms with E-state index >= 15 is 0 Å². The molecule has 6 rings (SSSR count). The van der Waals surface area contributed by atoms with E-state index in [2.05, 4.69) is 0 Å². The number of hydrogen-bond donors (Lipinski definition) is 2. The van der Waals surface area contributed by atoms with Gasteiger partial charge >= 0.3 is 5.97 Å². The number of allylic oxidation sites excluding steroid dienone is 2. The van der Waals surface area contributed by atoms with Crippen molar-refractivity contribution in [3.05, 3.63) is 64.5 Å². The normalized spacial score (nSPS) is 29.0. The molecule has 0 bridgehead atoms. The minimum atomic E-state index is -1.35. The fourth-order valence-corrected chi connectivity index (χ4v) is 8.10. The van der Waals surface area contributed by atoms with Crippen molar-refractivity contribution in [3.63, 3.8) is 0 Å². The molecule has 3 fully saturated rings. The number of carbonyl (C=O) groups is 5. The number of carboxylic acid groups (broad SMARTS) is 1. The number of amides is 4. The van der Waals surface area contributed by atoms with Gasteiger partial charge in [-0.1, -0.05) is 29.3 Å². The van der Waals surface area contributed by atoms with Crippen molar-refractivity contribution in [3.8, 4) is 11.5 Å². The van der Waals surface area contributed by atoms with E-state index in [4.69, 9.17) is 21.4 Å². The van der Waals surface area contributed by atoms with Crippen molar-refractivity contribution >= 4 is 46.9 Å². The molecule has 2 aliphatic heterocycles. The van der Waals surface area contributed by atoms with Crippen LogP contribution in [0.3, 0.4) is 0 Å². The highest BCUT2D eigenvalue weighted by Crippen LogP contribution is 2.64. The van der Waals surface area contributed by atoms with Crippen LogP contribution in [0, 0.1) is 34.9 Å². The predicted octanol–water partition coefficient (Wildman–Crippen LogP) is 4.68. The van der Waals surface area contributed by atoms with Gasteiger partial charge in [0.05, 0.1) is 40.5 Å². The predicted molar refractivity (Wildman–Crippen MR) is 159 cm³/mol. The van der Waals surface area contributed by atoms with Gasteiger partial charge in [-0.15, -0.1) is 0 Å². The third kappa shape index (κ3) is 4.70. The summed E-state index contributed by atoms with van der Waals surface area (Å²) in [5.74, 6) is -7.09. The van der Waals surface area contributed by atoms with Gasteiger partial charge in [-0.25, -0.2) is 9.29 Å². The molecule has 6 atom stereocenters. The number of halogens is 2.